The van der Waals surface area contributed by atoms with Crippen LogP contribution in [0.2, 0.25) is 0 Å². The van der Waals surface area contributed by atoms with Crippen LogP contribution >= 0.6 is 0 Å². The summed E-state index contributed by atoms with van der Waals surface area (Å²) < 4.78 is 10.1. The number of aliphatic hydroxyl groups is 1. The lowest BCUT2D eigenvalue weighted by atomic mass is 10.1. The van der Waals surface area contributed by atoms with E-state index in [0.717, 1.165) is 0 Å². The molecule has 0 spiro atoms. The Labute approximate surface area is 112 Å². The maximum Gasteiger partial charge on any atom is 0.253 e. The third-order valence-corrected chi connectivity index (χ3v) is 2.71. The fourth-order valence-corrected chi connectivity index (χ4v) is 1.74. The number of carbonyl (C=O) groups is 1. The Morgan fingerprint density at radius 2 is 2.21 bits per heavy atom. The number of amides is 1. The summed E-state index contributed by atoms with van der Waals surface area (Å²) >= 11 is 0. The number of rotatable bonds is 7. The maximum absolute atomic E-state index is 12.1. The summed E-state index contributed by atoms with van der Waals surface area (Å²) in [5.74, 6) is 0.144. The molecule has 106 valence electrons. The molecule has 1 rings (SSSR count). The van der Waals surface area contributed by atoms with Gasteiger partial charge in [0.1, 0.15) is 5.75 Å². The Balaban J connectivity index is 2.82. The topological polar surface area (TPSA) is 93.8 Å². The average Bonchev–Trinajstić information content (AvgIpc) is 2.39. The van der Waals surface area contributed by atoms with Crippen LogP contribution in [0.3, 0.4) is 0 Å². The highest BCUT2D eigenvalue weighted by molar-refractivity contribution is 6.00. The second-order valence-electron chi connectivity index (χ2n) is 4.06. The monoisotopic (exact) mass is 268 g/mol. The summed E-state index contributed by atoms with van der Waals surface area (Å²) in [5, 5.41) is 11.7. The maximum atomic E-state index is 12.1. The van der Waals surface area contributed by atoms with Gasteiger partial charge >= 0.3 is 0 Å². The van der Waals surface area contributed by atoms with Gasteiger partial charge in [-0.3, -0.25) is 4.79 Å². The molecule has 19 heavy (non-hydrogen) atoms. The van der Waals surface area contributed by atoms with Crippen molar-refractivity contribution in [2.75, 3.05) is 33.2 Å². The van der Waals surface area contributed by atoms with Crippen molar-refractivity contribution in [2.24, 2.45) is 0 Å². The first-order valence-corrected chi connectivity index (χ1v) is 5.97. The van der Waals surface area contributed by atoms with Gasteiger partial charge < -0.3 is 25.6 Å². The number of para-hydroxylation sites is 1. The highest BCUT2D eigenvalue weighted by Gasteiger charge is 2.17. The van der Waals surface area contributed by atoms with E-state index in [-0.39, 0.29) is 18.6 Å². The zero-order chi connectivity index (χ0) is 14.3. The fourth-order valence-electron chi connectivity index (χ4n) is 1.74. The number of benzene rings is 1. The number of methoxy groups -OCH3 is 2. The van der Waals surface area contributed by atoms with Gasteiger partial charge in [0.25, 0.3) is 5.91 Å². The summed E-state index contributed by atoms with van der Waals surface area (Å²) in [7, 11) is 3.03. The van der Waals surface area contributed by atoms with E-state index in [1.54, 1.807) is 18.2 Å². The van der Waals surface area contributed by atoms with E-state index in [2.05, 4.69) is 5.32 Å². The fraction of sp³-hybridized carbons (Fsp3) is 0.462. The first kappa shape index (κ1) is 15.3. The highest BCUT2D eigenvalue weighted by atomic mass is 16.5. The van der Waals surface area contributed by atoms with E-state index in [4.69, 9.17) is 20.3 Å². The third kappa shape index (κ3) is 4.11. The molecule has 0 radical (unpaired) electrons. The smallest absolute Gasteiger partial charge is 0.253 e. The molecule has 1 aromatic carbocycles. The molecule has 0 saturated heterocycles. The lowest BCUT2D eigenvalue weighted by Gasteiger charge is -2.18. The van der Waals surface area contributed by atoms with Gasteiger partial charge in [-0.25, -0.2) is 0 Å². The predicted octanol–water partition coefficient (Wildman–Crippen LogP) is 0.405. The van der Waals surface area contributed by atoms with Crippen molar-refractivity contribution in [2.45, 2.75) is 12.5 Å². The number of nitrogens with one attached hydrogen (secondary N) is 1. The number of nitrogens with two attached hydrogens (primary N) is 1. The Morgan fingerprint density at radius 3 is 2.79 bits per heavy atom. The molecular formula is C13H20N2O4. The Hall–Kier alpha value is -1.79. The SMILES string of the molecule is COCC(CCO)NC(=O)c1cccc(OC)c1N. The van der Waals surface area contributed by atoms with Crippen LogP contribution < -0.4 is 15.8 Å². The summed E-state index contributed by atoms with van der Waals surface area (Å²) in [6.45, 7) is 0.304. The lowest BCUT2D eigenvalue weighted by Crippen LogP contribution is -2.39. The van der Waals surface area contributed by atoms with E-state index in [1.807, 2.05) is 0 Å². The van der Waals surface area contributed by atoms with Gasteiger partial charge in [-0.15, -0.1) is 0 Å². The molecule has 0 saturated carbocycles. The van der Waals surface area contributed by atoms with E-state index in [1.165, 1.54) is 14.2 Å². The standard InChI is InChI=1S/C13H20N2O4/c1-18-8-9(6-7-16)15-13(17)10-4-3-5-11(19-2)12(10)14/h3-5,9,16H,6-8,14H2,1-2H3,(H,15,17). The number of anilines is 1. The molecule has 0 bridgehead atoms. The number of nitrogen functional groups attached to an aromatic ring is 1. The van der Waals surface area contributed by atoms with Gasteiger partial charge in [0.05, 0.1) is 31.0 Å². The largest absolute Gasteiger partial charge is 0.495 e. The predicted molar refractivity (Wildman–Crippen MR) is 72.2 cm³/mol. The van der Waals surface area contributed by atoms with Crippen molar-refractivity contribution in [1.29, 1.82) is 0 Å². The highest BCUT2D eigenvalue weighted by Crippen LogP contribution is 2.24. The van der Waals surface area contributed by atoms with Crippen LogP contribution in [0.4, 0.5) is 5.69 Å². The molecular weight excluding hydrogens is 248 g/mol. The molecule has 0 fully saturated rings. The quantitative estimate of drug-likeness (QED) is 0.622. The molecule has 1 atom stereocenters. The molecule has 0 aliphatic heterocycles. The van der Waals surface area contributed by atoms with E-state index in [0.29, 0.717) is 30.0 Å². The van der Waals surface area contributed by atoms with Crippen LogP contribution in [0.15, 0.2) is 18.2 Å². The minimum absolute atomic E-state index is 0.0259. The van der Waals surface area contributed by atoms with Crippen molar-refractivity contribution in [1.82, 2.24) is 5.32 Å². The van der Waals surface area contributed by atoms with Gasteiger partial charge in [0, 0.05) is 13.7 Å². The van der Waals surface area contributed by atoms with E-state index >= 15 is 0 Å². The molecule has 0 aliphatic rings. The van der Waals surface area contributed by atoms with Crippen LogP contribution in [0, 0.1) is 0 Å². The molecule has 0 heterocycles. The van der Waals surface area contributed by atoms with Gasteiger partial charge in [-0.05, 0) is 18.6 Å². The van der Waals surface area contributed by atoms with Crippen LogP contribution in [0.1, 0.15) is 16.8 Å². The lowest BCUT2D eigenvalue weighted by molar-refractivity contribution is 0.0879. The van der Waals surface area contributed by atoms with Gasteiger partial charge in [0.15, 0.2) is 0 Å². The van der Waals surface area contributed by atoms with Crippen LogP contribution in [-0.4, -0.2) is 44.5 Å². The zero-order valence-electron chi connectivity index (χ0n) is 11.2. The van der Waals surface area contributed by atoms with Crippen molar-refractivity contribution in [3.05, 3.63) is 23.8 Å². The van der Waals surface area contributed by atoms with Gasteiger partial charge in [-0.1, -0.05) is 6.07 Å². The molecule has 0 aromatic heterocycles. The van der Waals surface area contributed by atoms with Crippen molar-refractivity contribution in [3.8, 4) is 5.75 Å². The van der Waals surface area contributed by atoms with Gasteiger partial charge in [0.2, 0.25) is 0 Å². The molecule has 0 aliphatic carbocycles. The molecule has 1 unspecified atom stereocenters. The Morgan fingerprint density at radius 1 is 1.47 bits per heavy atom. The molecule has 6 heteroatoms. The summed E-state index contributed by atoms with van der Waals surface area (Å²) in [5.41, 5.74) is 6.49. The van der Waals surface area contributed by atoms with Gasteiger partial charge in [-0.2, -0.15) is 0 Å². The number of hydrogen-bond donors (Lipinski definition) is 3. The minimum atomic E-state index is -0.313. The molecule has 1 aromatic rings. The summed E-state index contributed by atoms with van der Waals surface area (Å²) in [6, 6.07) is 4.75. The molecule has 6 nitrogen and oxygen atoms in total. The number of hydrogen-bond acceptors (Lipinski definition) is 5. The molecule has 1 amide bonds. The second-order valence-corrected chi connectivity index (χ2v) is 4.06. The van der Waals surface area contributed by atoms with Crippen LogP contribution in [-0.2, 0) is 4.74 Å². The van der Waals surface area contributed by atoms with Crippen LogP contribution in [0.25, 0.3) is 0 Å². The second kappa shape index (κ2) is 7.60. The average molecular weight is 268 g/mol. The minimum Gasteiger partial charge on any atom is -0.495 e. The molecule has 4 N–H and O–H groups in total. The summed E-state index contributed by atoms with van der Waals surface area (Å²) in [4.78, 5) is 12.1. The van der Waals surface area contributed by atoms with E-state index in [9.17, 15) is 4.79 Å². The number of ether oxygens (including phenoxy) is 2. The summed E-state index contributed by atoms with van der Waals surface area (Å²) in [6.07, 6.45) is 0.420. The first-order chi connectivity index (χ1) is 9.13. The van der Waals surface area contributed by atoms with Crippen LogP contribution in [0.5, 0.6) is 5.75 Å². The van der Waals surface area contributed by atoms with Crippen molar-refractivity contribution >= 4 is 11.6 Å². The number of carbonyl (C=O) groups excluding carboxylic acids is 1. The Bertz CT molecular complexity index is 417. The zero-order valence-corrected chi connectivity index (χ0v) is 11.2. The van der Waals surface area contributed by atoms with E-state index < -0.39 is 0 Å². The number of aliphatic hydroxyl groups excluding tert-OH is 1. The normalized spacial score (nSPS) is 11.9. The van der Waals surface area contributed by atoms with Crippen molar-refractivity contribution < 1.29 is 19.4 Å². The Kier molecular flexibility index (Phi) is 6.11. The third-order valence-electron chi connectivity index (χ3n) is 2.71. The van der Waals surface area contributed by atoms with Crippen molar-refractivity contribution in [3.63, 3.8) is 0 Å². The first-order valence-electron chi connectivity index (χ1n) is 5.97.